The number of amides is 4. The Morgan fingerprint density at radius 2 is 0.975 bits per heavy atom. The van der Waals surface area contributed by atoms with Crippen molar-refractivity contribution in [2.75, 3.05) is 81.2 Å². The summed E-state index contributed by atoms with van der Waals surface area (Å²) in [5.74, 6) is -5.53. The molecular weight excluding hydrogens is 1030 g/mol. The highest BCUT2D eigenvalue weighted by Crippen LogP contribution is 2.36. The Kier molecular flexibility index (Phi) is 17.9. The molecule has 4 aromatic carbocycles. The zero-order chi connectivity index (χ0) is 56.2. The topological polar surface area (TPSA) is 344 Å². The van der Waals surface area contributed by atoms with Crippen LogP contribution in [0.25, 0.3) is 43.6 Å². The number of aromatic carboxylic acids is 1. The van der Waals surface area contributed by atoms with E-state index in [1.165, 1.54) is 42.5 Å². The predicted octanol–water partition coefficient (Wildman–Crippen LogP) is 6.64. The van der Waals surface area contributed by atoms with Gasteiger partial charge in [-0.05, 0) is 75.3 Å². The van der Waals surface area contributed by atoms with Gasteiger partial charge in [0, 0.05) is 52.9 Å². The van der Waals surface area contributed by atoms with Gasteiger partial charge in [0.1, 0.15) is 46.7 Å². The van der Waals surface area contributed by atoms with E-state index in [1.807, 2.05) is 13.8 Å². The van der Waals surface area contributed by atoms with Gasteiger partial charge in [0.2, 0.25) is 5.91 Å². The van der Waals surface area contributed by atoms with Crippen molar-refractivity contribution in [3.05, 3.63) is 120 Å². The maximum Gasteiger partial charge on any atom is 0.354 e. The fourth-order valence-electron chi connectivity index (χ4n) is 8.01. The molecule has 4 aromatic heterocycles. The largest absolute Gasteiger partial charge is 0.507 e. The number of aromatic hydroxyl groups is 1. The standard InChI is InChI=1S/C55H53N9O15/c1-29(2)79-45-25-40(60-51-33(45)12-7-13-34(51)57-46(66)27-76-22-21-75-20-19-74-3)54(71)64-36-15-5-10-31-43(77-18-8-17-56)24-39(59-49(31)36)53(70)62-35-14-4-9-30-42(65)23-38(58-48(30)35)52(69)63-37-16-6-11-32-44(78-28-47(67)68)26-41(55(72)73)61-50(32)37/h4-7,9-16,23-26,29H,8,17-22,27-28,56H2,1-3H3,(H,57,66)(H,58,65)(H,62,70)(H,63,69)(H,64,71)(H,67,68)(H,72,73). The number of pyridine rings is 4. The number of hydrogen-bond acceptors (Lipinski definition) is 18. The molecule has 0 aliphatic carbocycles. The number of ether oxygens (including phenoxy) is 6. The molecule has 0 saturated heterocycles. The van der Waals surface area contributed by atoms with Crippen molar-refractivity contribution >= 4 is 102 Å². The van der Waals surface area contributed by atoms with Gasteiger partial charge in [-0.2, -0.15) is 0 Å². The number of aliphatic carboxylic acids is 1. The van der Waals surface area contributed by atoms with E-state index >= 15 is 0 Å². The highest BCUT2D eigenvalue weighted by Gasteiger charge is 2.24. The van der Waals surface area contributed by atoms with Crippen LogP contribution in [0.15, 0.2) is 97.1 Å². The van der Waals surface area contributed by atoms with Crippen LogP contribution in [0.5, 0.6) is 23.0 Å². The lowest BCUT2D eigenvalue weighted by Crippen LogP contribution is -2.21. The van der Waals surface area contributed by atoms with Crippen molar-refractivity contribution < 1.29 is 72.5 Å². The van der Waals surface area contributed by atoms with Crippen LogP contribution < -0.4 is 41.2 Å². The van der Waals surface area contributed by atoms with Crippen LogP contribution in [0.2, 0.25) is 0 Å². The summed E-state index contributed by atoms with van der Waals surface area (Å²) in [5.41, 5.74) is 5.57. The number of benzene rings is 4. The average molecular weight is 1080 g/mol. The molecule has 408 valence electrons. The van der Waals surface area contributed by atoms with Crippen molar-refractivity contribution in [1.82, 2.24) is 19.9 Å². The van der Waals surface area contributed by atoms with E-state index < -0.39 is 47.9 Å². The Morgan fingerprint density at radius 1 is 0.532 bits per heavy atom. The molecule has 0 unspecified atom stereocenters. The number of nitrogens with two attached hydrogens (primary N) is 1. The summed E-state index contributed by atoms with van der Waals surface area (Å²) in [7, 11) is 1.56. The summed E-state index contributed by atoms with van der Waals surface area (Å²) in [4.78, 5) is 97.0. The number of fused-ring (bicyclic) bond motifs is 4. The second kappa shape index (κ2) is 25.5. The Morgan fingerprint density at radius 3 is 1.49 bits per heavy atom. The van der Waals surface area contributed by atoms with Gasteiger partial charge in [-0.25, -0.2) is 29.5 Å². The van der Waals surface area contributed by atoms with Crippen LogP contribution in [0.3, 0.4) is 0 Å². The highest BCUT2D eigenvalue weighted by molar-refractivity contribution is 6.14. The minimum absolute atomic E-state index is 0.00321. The molecule has 8 rings (SSSR count). The van der Waals surface area contributed by atoms with E-state index in [0.29, 0.717) is 48.4 Å². The Balaban J connectivity index is 1.09. The van der Waals surface area contributed by atoms with E-state index in [1.54, 1.807) is 49.6 Å². The van der Waals surface area contributed by atoms with Crippen LogP contribution in [0, 0.1) is 0 Å². The first-order valence-electron chi connectivity index (χ1n) is 24.5. The third-order valence-corrected chi connectivity index (χ3v) is 11.5. The van der Waals surface area contributed by atoms with E-state index in [-0.39, 0.29) is 117 Å². The van der Waals surface area contributed by atoms with E-state index in [4.69, 9.17) is 39.1 Å². The zero-order valence-corrected chi connectivity index (χ0v) is 42.8. The van der Waals surface area contributed by atoms with Crippen molar-refractivity contribution in [2.45, 2.75) is 26.4 Å². The van der Waals surface area contributed by atoms with Crippen LogP contribution in [-0.2, 0) is 23.8 Å². The molecular formula is C55H53N9O15. The second-order valence-corrected chi connectivity index (χ2v) is 17.6. The monoisotopic (exact) mass is 1080 g/mol. The molecule has 0 radical (unpaired) electrons. The molecule has 0 saturated carbocycles. The van der Waals surface area contributed by atoms with E-state index in [9.17, 15) is 44.1 Å². The number of carbonyl (C=O) groups excluding carboxylic acids is 4. The third kappa shape index (κ3) is 13.5. The maximum absolute atomic E-state index is 14.4. The third-order valence-electron chi connectivity index (χ3n) is 11.5. The summed E-state index contributed by atoms with van der Waals surface area (Å²) in [5, 5.41) is 42.6. The van der Waals surface area contributed by atoms with Gasteiger partial charge >= 0.3 is 11.9 Å². The number of aromatic nitrogens is 4. The molecule has 4 amide bonds. The number of carbonyl (C=O) groups is 6. The number of carboxylic acid groups (broad SMARTS) is 2. The SMILES string of the molecule is COCCOCCOCC(=O)Nc1cccc2c(OC(C)C)cc(C(=O)Nc3cccc4c(OCCCN)cc(C(=O)Nc5cccc6c(O)cc(C(=O)Nc7cccc8c(OCC(=O)O)cc(C(=O)O)nc78)nc56)nc34)nc12. The summed E-state index contributed by atoms with van der Waals surface area (Å²) >= 11 is 0. The van der Waals surface area contributed by atoms with E-state index in [2.05, 4.69) is 36.2 Å². The van der Waals surface area contributed by atoms with Crippen molar-refractivity contribution in [3.63, 3.8) is 0 Å². The van der Waals surface area contributed by atoms with E-state index in [0.717, 1.165) is 12.1 Å². The average Bonchev–Trinajstić information content (AvgIpc) is 3.44. The minimum Gasteiger partial charge on any atom is -0.507 e. The first kappa shape index (κ1) is 55.6. The Labute approximate surface area is 449 Å². The number of methoxy groups -OCH3 is 1. The number of para-hydroxylation sites is 4. The molecule has 24 heteroatoms. The molecule has 0 aliphatic rings. The van der Waals surface area contributed by atoms with Gasteiger partial charge in [-0.3, -0.25) is 19.2 Å². The highest BCUT2D eigenvalue weighted by atomic mass is 16.5. The van der Waals surface area contributed by atoms with Crippen LogP contribution in [0.1, 0.15) is 62.2 Å². The fraction of sp³-hybridized carbons (Fsp3) is 0.236. The fourth-order valence-corrected chi connectivity index (χ4v) is 8.01. The summed E-state index contributed by atoms with van der Waals surface area (Å²) in [6.45, 7) is 4.29. The normalized spacial score (nSPS) is 11.2. The lowest BCUT2D eigenvalue weighted by Gasteiger charge is -2.17. The molecule has 0 bridgehead atoms. The first-order valence-corrected chi connectivity index (χ1v) is 24.5. The molecule has 24 nitrogen and oxygen atoms in total. The number of hydrogen-bond donors (Lipinski definition) is 8. The van der Waals surface area contributed by atoms with Gasteiger partial charge in [0.25, 0.3) is 17.7 Å². The van der Waals surface area contributed by atoms with Gasteiger partial charge in [0.15, 0.2) is 12.3 Å². The zero-order valence-electron chi connectivity index (χ0n) is 42.8. The Bertz CT molecular complexity index is 3650. The smallest absolute Gasteiger partial charge is 0.354 e. The lowest BCUT2D eigenvalue weighted by molar-refractivity contribution is -0.139. The maximum atomic E-state index is 14.4. The molecule has 0 spiro atoms. The van der Waals surface area contributed by atoms with Crippen LogP contribution >= 0.6 is 0 Å². The molecule has 0 fully saturated rings. The van der Waals surface area contributed by atoms with Crippen LogP contribution in [0.4, 0.5) is 22.7 Å². The number of nitrogens with one attached hydrogen (secondary N) is 4. The summed E-state index contributed by atoms with van der Waals surface area (Å²) < 4.78 is 33.5. The minimum atomic E-state index is -1.44. The van der Waals surface area contributed by atoms with Gasteiger partial charge in [-0.1, -0.05) is 24.3 Å². The van der Waals surface area contributed by atoms with Crippen LogP contribution in [-0.4, -0.2) is 137 Å². The van der Waals surface area contributed by atoms with Crippen molar-refractivity contribution in [2.24, 2.45) is 5.73 Å². The van der Waals surface area contributed by atoms with Crippen molar-refractivity contribution in [1.29, 1.82) is 0 Å². The summed E-state index contributed by atoms with van der Waals surface area (Å²) in [6, 6.07) is 24.1. The van der Waals surface area contributed by atoms with Crippen molar-refractivity contribution in [3.8, 4) is 23.0 Å². The lowest BCUT2D eigenvalue weighted by atomic mass is 10.1. The predicted molar refractivity (Wildman–Crippen MR) is 290 cm³/mol. The first-order chi connectivity index (χ1) is 38.1. The molecule has 0 atom stereocenters. The molecule has 8 aromatic rings. The van der Waals surface area contributed by atoms with Gasteiger partial charge in [-0.15, -0.1) is 0 Å². The molecule has 4 heterocycles. The number of rotatable bonds is 25. The Hall–Kier alpha value is -9.62. The second-order valence-electron chi connectivity index (χ2n) is 17.6. The molecule has 79 heavy (non-hydrogen) atoms. The van der Waals surface area contributed by atoms with Gasteiger partial charge in [0.05, 0.1) is 84.0 Å². The number of carboxylic acids is 2. The summed E-state index contributed by atoms with van der Waals surface area (Å²) in [6.07, 6.45) is 0.140. The quantitative estimate of drug-likeness (QED) is 0.0278. The number of nitrogens with zero attached hydrogens (tertiary/aromatic N) is 4. The molecule has 9 N–H and O–H groups in total. The van der Waals surface area contributed by atoms with Gasteiger partial charge < -0.3 is 70.7 Å². The number of anilines is 4. The molecule has 0 aliphatic heterocycles.